The lowest BCUT2D eigenvalue weighted by Gasteiger charge is -2.25. The van der Waals surface area contributed by atoms with Crippen LogP contribution in [0.2, 0.25) is 0 Å². The molecule has 1 heterocycles. The number of methoxy groups -OCH3 is 2. The van der Waals surface area contributed by atoms with E-state index >= 15 is 0 Å². The second kappa shape index (κ2) is 8.82. The predicted molar refractivity (Wildman–Crippen MR) is 111 cm³/mol. The van der Waals surface area contributed by atoms with Gasteiger partial charge in [-0.3, -0.25) is 4.79 Å². The average molecular weight is 395 g/mol. The van der Waals surface area contributed by atoms with Crippen molar-refractivity contribution in [3.63, 3.8) is 0 Å². The zero-order valence-electron chi connectivity index (χ0n) is 17.0. The maximum atomic E-state index is 12.9. The third-order valence-electron chi connectivity index (χ3n) is 4.93. The zero-order chi connectivity index (χ0) is 21.0. The molecule has 0 unspecified atom stereocenters. The van der Waals surface area contributed by atoms with Crippen molar-refractivity contribution >= 4 is 23.6 Å². The van der Waals surface area contributed by atoms with Crippen molar-refractivity contribution in [2.45, 2.75) is 32.4 Å². The highest BCUT2D eigenvalue weighted by molar-refractivity contribution is 6.00. The normalized spacial score (nSPS) is 16.4. The molecule has 0 saturated heterocycles. The summed E-state index contributed by atoms with van der Waals surface area (Å²) in [7, 11) is 3.11. The van der Waals surface area contributed by atoms with Crippen molar-refractivity contribution in [1.82, 2.24) is 0 Å². The van der Waals surface area contributed by atoms with Gasteiger partial charge in [0.1, 0.15) is 11.5 Å². The van der Waals surface area contributed by atoms with Crippen LogP contribution in [0.5, 0.6) is 11.5 Å². The highest BCUT2D eigenvalue weighted by Gasteiger charge is 2.34. The van der Waals surface area contributed by atoms with Gasteiger partial charge in [0.2, 0.25) is 0 Å². The second-order valence-corrected chi connectivity index (χ2v) is 6.91. The molecule has 2 atom stereocenters. The highest BCUT2D eigenvalue weighted by atomic mass is 16.5. The van der Waals surface area contributed by atoms with Crippen LogP contribution in [-0.2, 0) is 20.7 Å². The van der Waals surface area contributed by atoms with Gasteiger partial charge in [0.25, 0.3) is 5.91 Å². The number of rotatable bonds is 6. The first kappa shape index (κ1) is 20.5. The van der Waals surface area contributed by atoms with Crippen LogP contribution >= 0.6 is 0 Å². The summed E-state index contributed by atoms with van der Waals surface area (Å²) in [4.78, 5) is 26.9. The molecule has 6 nitrogen and oxygen atoms in total. The Balaban J connectivity index is 1.66. The van der Waals surface area contributed by atoms with Gasteiger partial charge in [-0.05, 0) is 50.1 Å². The summed E-state index contributed by atoms with van der Waals surface area (Å²) in [6.45, 7) is 3.58. The van der Waals surface area contributed by atoms with Crippen molar-refractivity contribution in [1.29, 1.82) is 0 Å². The van der Waals surface area contributed by atoms with Gasteiger partial charge < -0.3 is 19.1 Å². The molecule has 0 spiro atoms. The number of anilines is 1. The molecule has 2 aromatic rings. The maximum absolute atomic E-state index is 12.9. The van der Waals surface area contributed by atoms with Crippen molar-refractivity contribution < 1.29 is 23.8 Å². The van der Waals surface area contributed by atoms with Gasteiger partial charge in [-0.1, -0.05) is 18.2 Å². The van der Waals surface area contributed by atoms with E-state index < -0.39 is 12.1 Å². The first-order chi connectivity index (χ1) is 13.9. The maximum Gasteiger partial charge on any atom is 0.331 e. The fourth-order valence-electron chi connectivity index (χ4n) is 3.48. The first-order valence-electron chi connectivity index (χ1n) is 9.46. The van der Waals surface area contributed by atoms with Gasteiger partial charge in [0.15, 0.2) is 6.10 Å². The predicted octanol–water partition coefficient (Wildman–Crippen LogP) is 3.63. The van der Waals surface area contributed by atoms with E-state index in [-0.39, 0.29) is 11.9 Å². The van der Waals surface area contributed by atoms with Crippen LogP contribution in [0, 0.1) is 0 Å². The number of carbonyl (C=O) groups is 2. The number of fused-ring (bicyclic) bond motifs is 1. The molecule has 0 N–H and O–H groups in total. The molecule has 1 aliphatic rings. The molecule has 6 heteroatoms. The SMILES string of the molecule is COc1ccc(/C=C/C(=O)O[C@H](C)C(=O)N2c3ccccc3C[C@H]2C)c(OC)c1. The third kappa shape index (κ3) is 4.42. The van der Waals surface area contributed by atoms with Crippen molar-refractivity contribution in [3.05, 3.63) is 59.7 Å². The standard InChI is InChI=1S/C23H25NO5/c1-15-13-18-7-5-6-8-20(18)24(15)23(26)16(2)29-22(25)12-10-17-9-11-19(27-3)14-21(17)28-4/h5-12,14-16H,13H2,1-4H3/b12-10+/t15-,16-/m1/s1. The summed E-state index contributed by atoms with van der Waals surface area (Å²) in [6.07, 6.45) is 2.78. The third-order valence-corrected chi connectivity index (χ3v) is 4.93. The average Bonchev–Trinajstić information content (AvgIpc) is 3.07. The number of esters is 1. The molecule has 3 rings (SSSR count). The summed E-state index contributed by atoms with van der Waals surface area (Å²) in [6, 6.07) is 13.1. The minimum Gasteiger partial charge on any atom is -0.497 e. The number of hydrogen-bond donors (Lipinski definition) is 0. The van der Waals surface area contributed by atoms with E-state index in [4.69, 9.17) is 14.2 Å². The highest BCUT2D eigenvalue weighted by Crippen LogP contribution is 2.32. The van der Waals surface area contributed by atoms with Crippen LogP contribution in [0.4, 0.5) is 5.69 Å². The largest absolute Gasteiger partial charge is 0.497 e. The van der Waals surface area contributed by atoms with E-state index in [2.05, 4.69) is 0 Å². The molecule has 0 saturated carbocycles. The van der Waals surface area contributed by atoms with Crippen molar-refractivity contribution in [2.24, 2.45) is 0 Å². The lowest BCUT2D eigenvalue weighted by molar-refractivity contribution is -0.149. The molecule has 2 aromatic carbocycles. The van der Waals surface area contributed by atoms with Crippen molar-refractivity contribution in [3.8, 4) is 11.5 Å². The summed E-state index contributed by atoms with van der Waals surface area (Å²) >= 11 is 0. The number of nitrogens with zero attached hydrogens (tertiary/aromatic N) is 1. The Morgan fingerprint density at radius 2 is 1.90 bits per heavy atom. The molecule has 29 heavy (non-hydrogen) atoms. The van der Waals surface area contributed by atoms with Crippen LogP contribution < -0.4 is 14.4 Å². The lowest BCUT2D eigenvalue weighted by Crippen LogP contribution is -2.43. The van der Waals surface area contributed by atoms with Gasteiger partial charge in [0.05, 0.1) is 14.2 Å². The fourth-order valence-corrected chi connectivity index (χ4v) is 3.48. The van der Waals surface area contributed by atoms with E-state index in [0.29, 0.717) is 17.1 Å². The number of ether oxygens (including phenoxy) is 3. The van der Waals surface area contributed by atoms with E-state index in [9.17, 15) is 9.59 Å². The van der Waals surface area contributed by atoms with E-state index in [1.807, 2.05) is 31.2 Å². The monoisotopic (exact) mass is 395 g/mol. The van der Waals surface area contributed by atoms with Gasteiger partial charge in [-0.15, -0.1) is 0 Å². The summed E-state index contributed by atoms with van der Waals surface area (Å²) in [5, 5.41) is 0. The molecule has 1 amide bonds. The van der Waals surface area contributed by atoms with E-state index in [1.54, 1.807) is 50.3 Å². The van der Waals surface area contributed by atoms with Gasteiger partial charge >= 0.3 is 5.97 Å². The van der Waals surface area contributed by atoms with E-state index in [0.717, 1.165) is 17.7 Å². The Morgan fingerprint density at radius 1 is 1.14 bits per heavy atom. The number of carbonyl (C=O) groups excluding carboxylic acids is 2. The Hall–Kier alpha value is -3.28. The molecule has 0 bridgehead atoms. The Kier molecular flexibility index (Phi) is 6.22. The van der Waals surface area contributed by atoms with Crippen LogP contribution in [0.3, 0.4) is 0 Å². The molecule has 152 valence electrons. The van der Waals surface area contributed by atoms with Crippen LogP contribution in [0.15, 0.2) is 48.5 Å². The number of hydrogen-bond acceptors (Lipinski definition) is 5. The zero-order valence-corrected chi connectivity index (χ0v) is 17.0. The van der Waals surface area contributed by atoms with Crippen LogP contribution in [-0.4, -0.2) is 38.2 Å². The smallest absolute Gasteiger partial charge is 0.331 e. The number of benzene rings is 2. The Morgan fingerprint density at radius 3 is 2.62 bits per heavy atom. The van der Waals surface area contributed by atoms with E-state index in [1.165, 1.54) is 6.08 Å². The molecule has 0 aliphatic carbocycles. The van der Waals surface area contributed by atoms with Crippen molar-refractivity contribution in [2.75, 3.05) is 19.1 Å². The second-order valence-electron chi connectivity index (χ2n) is 6.91. The summed E-state index contributed by atoms with van der Waals surface area (Å²) in [5.41, 5.74) is 2.70. The van der Waals surface area contributed by atoms with Gasteiger partial charge in [-0.25, -0.2) is 4.79 Å². The molecule has 0 aromatic heterocycles. The molecular weight excluding hydrogens is 370 g/mol. The number of amides is 1. The van der Waals surface area contributed by atoms with Gasteiger partial charge in [-0.2, -0.15) is 0 Å². The number of para-hydroxylation sites is 1. The summed E-state index contributed by atoms with van der Waals surface area (Å²) < 4.78 is 15.8. The fraction of sp³-hybridized carbons (Fsp3) is 0.304. The minimum atomic E-state index is -0.890. The topological polar surface area (TPSA) is 65.1 Å². The first-order valence-corrected chi connectivity index (χ1v) is 9.46. The van der Waals surface area contributed by atoms with Crippen LogP contribution in [0.25, 0.3) is 6.08 Å². The molecule has 0 radical (unpaired) electrons. The van der Waals surface area contributed by atoms with Gasteiger partial charge in [0, 0.05) is 29.4 Å². The van der Waals surface area contributed by atoms with Crippen LogP contribution in [0.1, 0.15) is 25.0 Å². The Bertz CT molecular complexity index is 937. The molecular formula is C23H25NO5. The minimum absolute atomic E-state index is 0.0279. The molecule has 0 fully saturated rings. The quantitative estimate of drug-likeness (QED) is 0.552. The molecule has 1 aliphatic heterocycles. The lowest BCUT2D eigenvalue weighted by atomic mass is 10.1. The summed E-state index contributed by atoms with van der Waals surface area (Å²) in [5.74, 6) is 0.399. The Labute approximate surface area is 170 Å².